The monoisotopic (exact) mass is 315 g/mol. The largest absolute Gasteiger partial charge is 0.396 e. The van der Waals surface area contributed by atoms with Gasteiger partial charge in [-0.3, -0.25) is 4.79 Å². The van der Waals surface area contributed by atoms with E-state index in [1.807, 2.05) is 13.2 Å². The van der Waals surface area contributed by atoms with E-state index in [0.29, 0.717) is 23.0 Å². The SMILES string of the molecule is CCNC(=O)c1sc(N(C)CCC(C)C)c(SC)c1N. The number of nitrogens with two attached hydrogens (primary N) is 1. The second kappa shape index (κ2) is 7.78. The van der Waals surface area contributed by atoms with E-state index in [0.717, 1.165) is 22.9 Å². The molecule has 0 fully saturated rings. The standard InChI is InChI=1S/C14H25N3OS2/c1-6-16-13(18)11-10(15)12(19-5)14(20-11)17(4)8-7-9(2)3/h9H,6-8,15H2,1-5H3,(H,16,18). The maximum absolute atomic E-state index is 12.0. The van der Waals surface area contributed by atoms with Crippen LogP contribution in [0.1, 0.15) is 36.9 Å². The van der Waals surface area contributed by atoms with Crippen LogP contribution < -0.4 is 16.0 Å². The number of rotatable bonds is 7. The van der Waals surface area contributed by atoms with E-state index in [1.54, 1.807) is 11.8 Å². The Bertz CT molecular complexity index is 458. The van der Waals surface area contributed by atoms with Gasteiger partial charge >= 0.3 is 0 Å². The van der Waals surface area contributed by atoms with Crippen molar-refractivity contribution < 1.29 is 4.79 Å². The quantitative estimate of drug-likeness (QED) is 0.758. The highest BCUT2D eigenvalue weighted by Gasteiger charge is 2.22. The molecule has 3 N–H and O–H groups in total. The smallest absolute Gasteiger partial charge is 0.263 e. The normalized spacial score (nSPS) is 10.9. The van der Waals surface area contributed by atoms with Gasteiger partial charge in [0.15, 0.2) is 0 Å². The van der Waals surface area contributed by atoms with Gasteiger partial charge in [0.1, 0.15) is 9.88 Å². The van der Waals surface area contributed by atoms with Gasteiger partial charge in [0.05, 0.1) is 10.6 Å². The van der Waals surface area contributed by atoms with Crippen molar-refractivity contribution in [2.45, 2.75) is 32.1 Å². The lowest BCUT2D eigenvalue weighted by atomic mass is 10.1. The number of hydrogen-bond donors (Lipinski definition) is 2. The van der Waals surface area contributed by atoms with Crippen LogP contribution in [0.4, 0.5) is 10.7 Å². The first kappa shape index (κ1) is 17.2. The summed E-state index contributed by atoms with van der Waals surface area (Å²) in [6.07, 6.45) is 3.12. The summed E-state index contributed by atoms with van der Waals surface area (Å²) in [6.45, 7) is 7.93. The van der Waals surface area contributed by atoms with Gasteiger partial charge in [-0.15, -0.1) is 23.1 Å². The fraction of sp³-hybridized carbons (Fsp3) is 0.643. The Labute approximate surface area is 130 Å². The molecule has 1 aromatic rings. The molecule has 0 atom stereocenters. The lowest BCUT2D eigenvalue weighted by Crippen LogP contribution is -2.22. The average molecular weight is 316 g/mol. The van der Waals surface area contributed by atoms with Crippen molar-refractivity contribution in [3.63, 3.8) is 0 Å². The zero-order valence-electron chi connectivity index (χ0n) is 12.9. The molecule has 1 aromatic heterocycles. The Morgan fingerprint density at radius 2 is 2.15 bits per heavy atom. The maximum atomic E-state index is 12.0. The summed E-state index contributed by atoms with van der Waals surface area (Å²) < 4.78 is 0. The van der Waals surface area contributed by atoms with E-state index < -0.39 is 0 Å². The topological polar surface area (TPSA) is 58.4 Å². The number of nitrogen functional groups attached to an aromatic ring is 1. The van der Waals surface area contributed by atoms with Crippen molar-refractivity contribution in [1.29, 1.82) is 0 Å². The van der Waals surface area contributed by atoms with E-state index >= 15 is 0 Å². The van der Waals surface area contributed by atoms with Gasteiger partial charge in [0.25, 0.3) is 5.91 Å². The number of nitrogens with zero attached hydrogens (tertiary/aromatic N) is 1. The molecule has 0 spiro atoms. The van der Waals surface area contributed by atoms with E-state index in [4.69, 9.17) is 5.73 Å². The molecule has 0 aliphatic heterocycles. The fourth-order valence-electron chi connectivity index (χ4n) is 1.83. The second-order valence-electron chi connectivity index (χ2n) is 5.15. The third kappa shape index (κ3) is 4.06. The average Bonchev–Trinajstić information content (AvgIpc) is 2.73. The van der Waals surface area contributed by atoms with E-state index in [2.05, 4.69) is 31.1 Å². The van der Waals surface area contributed by atoms with Gasteiger partial charge in [-0.05, 0) is 25.5 Å². The summed E-state index contributed by atoms with van der Waals surface area (Å²) in [5.41, 5.74) is 6.75. The van der Waals surface area contributed by atoms with Crippen LogP contribution in [0.2, 0.25) is 0 Å². The number of anilines is 2. The Morgan fingerprint density at radius 1 is 1.50 bits per heavy atom. The molecular weight excluding hydrogens is 290 g/mol. The van der Waals surface area contributed by atoms with Gasteiger partial charge in [-0.25, -0.2) is 0 Å². The van der Waals surface area contributed by atoms with Gasteiger partial charge in [-0.2, -0.15) is 0 Å². The van der Waals surface area contributed by atoms with Crippen LogP contribution in [0.5, 0.6) is 0 Å². The van der Waals surface area contributed by atoms with Crippen LogP contribution >= 0.6 is 23.1 Å². The summed E-state index contributed by atoms with van der Waals surface area (Å²) in [5, 5.41) is 3.91. The summed E-state index contributed by atoms with van der Waals surface area (Å²) in [7, 11) is 2.06. The van der Waals surface area contributed by atoms with Crippen molar-refractivity contribution >= 4 is 39.7 Å². The Morgan fingerprint density at radius 3 is 2.65 bits per heavy atom. The van der Waals surface area contributed by atoms with Crippen molar-refractivity contribution in [3.05, 3.63) is 4.88 Å². The molecule has 0 saturated carbocycles. The van der Waals surface area contributed by atoms with Crippen molar-refractivity contribution in [2.24, 2.45) is 5.92 Å². The van der Waals surface area contributed by atoms with Crippen LogP contribution in [0.3, 0.4) is 0 Å². The summed E-state index contributed by atoms with van der Waals surface area (Å²) in [4.78, 5) is 15.9. The lowest BCUT2D eigenvalue weighted by Gasteiger charge is -2.19. The van der Waals surface area contributed by atoms with Gasteiger partial charge in [0.2, 0.25) is 0 Å². The molecule has 0 aromatic carbocycles. The third-order valence-electron chi connectivity index (χ3n) is 3.02. The maximum Gasteiger partial charge on any atom is 0.263 e. The van der Waals surface area contributed by atoms with Crippen LogP contribution in [-0.2, 0) is 0 Å². The molecule has 1 amide bonds. The molecule has 1 rings (SSSR count). The molecule has 4 nitrogen and oxygen atoms in total. The Hall–Kier alpha value is -0.880. The first-order valence-corrected chi connectivity index (χ1v) is 8.92. The zero-order chi connectivity index (χ0) is 15.3. The van der Waals surface area contributed by atoms with Crippen LogP contribution in [0.15, 0.2) is 4.90 Å². The summed E-state index contributed by atoms with van der Waals surface area (Å²) >= 11 is 3.09. The number of thiophene rings is 1. The second-order valence-corrected chi connectivity index (χ2v) is 6.96. The number of carbonyl (C=O) groups excluding carboxylic acids is 1. The highest BCUT2D eigenvalue weighted by Crippen LogP contribution is 2.43. The fourth-order valence-corrected chi connectivity index (χ4v) is 3.94. The molecular formula is C14H25N3OS2. The predicted molar refractivity (Wildman–Crippen MR) is 91.2 cm³/mol. The van der Waals surface area contributed by atoms with E-state index in [9.17, 15) is 4.79 Å². The molecule has 20 heavy (non-hydrogen) atoms. The predicted octanol–water partition coefficient (Wildman–Crippen LogP) is 3.28. The molecule has 0 aliphatic carbocycles. The zero-order valence-corrected chi connectivity index (χ0v) is 14.6. The van der Waals surface area contributed by atoms with Crippen molar-refractivity contribution in [3.8, 4) is 0 Å². The summed E-state index contributed by atoms with van der Waals surface area (Å²) in [6, 6.07) is 0. The van der Waals surface area contributed by atoms with Gasteiger partial charge < -0.3 is 16.0 Å². The number of amides is 1. The van der Waals surface area contributed by atoms with E-state index in [1.165, 1.54) is 11.3 Å². The van der Waals surface area contributed by atoms with Gasteiger partial charge in [0, 0.05) is 20.1 Å². The molecule has 114 valence electrons. The van der Waals surface area contributed by atoms with Crippen LogP contribution in [-0.4, -0.2) is 32.3 Å². The minimum absolute atomic E-state index is 0.0752. The molecule has 0 unspecified atom stereocenters. The van der Waals surface area contributed by atoms with Crippen LogP contribution in [0, 0.1) is 5.92 Å². The van der Waals surface area contributed by atoms with E-state index in [-0.39, 0.29) is 5.91 Å². The summed E-state index contributed by atoms with van der Waals surface area (Å²) in [5.74, 6) is 0.587. The highest BCUT2D eigenvalue weighted by atomic mass is 32.2. The van der Waals surface area contributed by atoms with Crippen molar-refractivity contribution in [1.82, 2.24) is 5.32 Å². The molecule has 0 bridgehead atoms. The minimum Gasteiger partial charge on any atom is -0.396 e. The third-order valence-corrected chi connectivity index (χ3v) is 5.29. The molecule has 0 saturated heterocycles. The Kier molecular flexibility index (Phi) is 6.68. The first-order valence-electron chi connectivity index (χ1n) is 6.87. The molecule has 0 aliphatic rings. The first-order chi connectivity index (χ1) is 9.42. The molecule has 0 radical (unpaired) electrons. The number of thioether (sulfide) groups is 1. The van der Waals surface area contributed by atoms with Crippen molar-refractivity contribution in [2.75, 3.05) is 37.0 Å². The number of nitrogens with one attached hydrogen (secondary N) is 1. The lowest BCUT2D eigenvalue weighted by molar-refractivity contribution is 0.0960. The number of carbonyl (C=O) groups is 1. The molecule has 1 heterocycles. The number of hydrogen-bond acceptors (Lipinski definition) is 5. The molecule has 6 heteroatoms. The highest BCUT2D eigenvalue weighted by molar-refractivity contribution is 7.99. The van der Waals surface area contributed by atoms with Crippen LogP contribution in [0.25, 0.3) is 0 Å². The Balaban J connectivity index is 3.01. The van der Waals surface area contributed by atoms with Gasteiger partial charge in [-0.1, -0.05) is 13.8 Å². The minimum atomic E-state index is -0.0752.